The Morgan fingerprint density at radius 1 is 1.14 bits per heavy atom. The Labute approximate surface area is 131 Å². The molecule has 3 heteroatoms. The molecule has 0 radical (unpaired) electrons. The molecular weight excluding hydrogens is 278 g/mol. The van der Waals surface area contributed by atoms with Gasteiger partial charge in [-0.15, -0.1) is 11.3 Å². The maximum atomic E-state index is 12.4. The number of rotatable bonds is 6. The van der Waals surface area contributed by atoms with Crippen molar-refractivity contribution in [2.24, 2.45) is 0 Å². The van der Waals surface area contributed by atoms with Crippen molar-refractivity contribution in [2.45, 2.75) is 32.7 Å². The first-order valence-electron chi connectivity index (χ1n) is 7.36. The van der Waals surface area contributed by atoms with Crippen molar-refractivity contribution in [2.75, 3.05) is 13.6 Å². The van der Waals surface area contributed by atoms with Gasteiger partial charge in [0.15, 0.2) is 5.78 Å². The zero-order valence-corrected chi connectivity index (χ0v) is 14.0. The number of ketones is 1. The highest BCUT2D eigenvalue weighted by atomic mass is 32.1. The van der Waals surface area contributed by atoms with Crippen LogP contribution in [0.5, 0.6) is 0 Å². The van der Waals surface area contributed by atoms with Crippen LogP contribution in [0.3, 0.4) is 0 Å². The van der Waals surface area contributed by atoms with Crippen LogP contribution in [-0.4, -0.2) is 24.3 Å². The van der Waals surface area contributed by atoms with Crippen molar-refractivity contribution in [1.29, 1.82) is 0 Å². The maximum Gasteiger partial charge on any atom is 0.176 e. The van der Waals surface area contributed by atoms with Gasteiger partial charge in [-0.3, -0.25) is 9.69 Å². The second-order valence-corrected chi connectivity index (χ2v) is 6.79. The molecule has 1 aromatic carbocycles. The van der Waals surface area contributed by atoms with Gasteiger partial charge in [-0.05, 0) is 36.9 Å². The highest BCUT2D eigenvalue weighted by Crippen LogP contribution is 2.23. The summed E-state index contributed by atoms with van der Waals surface area (Å²) in [5, 5.41) is 2.08. The Hall–Kier alpha value is -1.45. The largest absolute Gasteiger partial charge is 0.293 e. The first-order valence-corrected chi connectivity index (χ1v) is 8.23. The van der Waals surface area contributed by atoms with E-state index in [-0.39, 0.29) is 11.8 Å². The smallest absolute Gasteiger partial charge is 0.176 e. The average Bonchev–Trinajstić information content (AvgIpc) is 3.00. The van der Waals surface area contributed by atoms with Crippen molar-refractivity contribution in [3.05, 3.63) is 57.8 Å². The number of nitrogens with zero attached hydrogens (tertiary/aromatic N) is 1. The highest BCUT2D eigenvalue weighted by Gasteiger charge is 2.16. The second-order valence-electron chi connectivity index (χ2n) is 5.81. The van der Waals surface area contributed by atoms with Crippen LogP contribution >= 0.6 is 11.3 Å². The van der Waals surface area contributed by atoms with Crippen molar-refractivity contribution in [3.63, 3.8) is 0 Å². The molecule has 0 aliphatic rings. The molecule has 1 unspecified atom stereocenters. The van der Waals surface area contributed by atoms with E-state index in [9.17, 15) is 4.79 Å². The molecule has 21 heavy (non-hydrogen) atoms. The molecule has 0 spiro atoms. The van der Waals surface area contributed by atoms with E-state index in [1.807, 2.05) is 19.2 Å². The van der Waals surface area contributed by atoms with Crippen molar-refractivity contribution in [3.8, 4) is 0 Å². The third-order valence-electron chi connectivity index (χ3n) is 3.91. The Morgan fingerprint density at radius 3 is 2.33 bits per heavy atom. The average molecular weight is 301 g/mol. The van der Waals surface area contributed by atoms with Gasteiger partial charge in [0.25, 0.3) is 0 Å². The van der Waals surface area contributed by atoms with E-state index in [0.717, 1.165) is 5.56 Å². The molecule has 0 fully saturated rings. The van der Waals surface area contributed by atoms with E-state index in [1.165, 1.54) is 10.4 Å². The number of carbonyl (C=O) groups excluding carboxylic acids is 1. The quantitative estimate of drug-likeness (QED) is 0.718. The predicted molar refractivity (Wildman–Crippen MR) is 90.2 cm³/mol. The Bertz CT molecular complexity index is 572. The lowest BCUT2D eigenvalue weighted by Gasteiger charge is -2.23. The van der Waals surface area contributed by atoms with Crippen LogP contribution in [0.15, 0.2) is 41.8 Å². The molecule has 0 saturated carbocycles. The van der Waals surface area contributed by atoms with Gasteiger partial charge in [0.2, 0.25) is 0 Å². The molecular formula is C18H23NOS. The van der Waals surface area contributed by atoms with Crippen LogP contribution in [0.4, 0.5) is 0 Å². The maximum absolute atomic E-state index is 12.4. The summed E-state index contributed by atoms with van der Waals surface area (Å²) in [5.41, 5.74) is 2.07. The minimum Gasteiger partial charge on any atom is -0.293 e. The van der Waals surface area contributed by atoms with E-state index in [4.69, 9.17) is 0 Å². The summed E-state index contributed by atoms with van der Waals surface area (Å²) < 4.78 is 0. The van der Waals surface area contributed by atoms with Crippen LogP contribution in [0.25, 0.3) is 0 Å². The second kappa shape index (κ2) is 7.01. The van der Waals surface area contributed by atoms with Gasteiger partial charge in [-0.1, -0.05) is 44.2 Å². The summed E-state index contributed by atoms with van der Waals surface area (Å²) in [6.45, 7) is 6.90. The van der Waals surface area contributed by atoms with Crippen molar-refractivity contribution >= 4 is 17.1 Å². The fraction of sp³-hybridized carbons (Fsp3) is 0.389. The van der Waals surface area contributed by atoms with Crippen LogP contribution in [0.1, 0.15) is 53.5 Å². The lowest BCUT2D eigenvalue weighted by atomic mass is 10.0. The number of thiophene rings is 1. The molecule has 2 nitrogen and oxygen atoms in total. The summed E-state index contributed by atoms with van der Waals surface area (Å²) in [7, 11) is 2.00. The molecule has 0 amide bonds. The SMILES string of the molecule is CC(C)c1ccc(C(=O)CN(C)C(C)c2cccs2)cc1. The third kappa shape index (κ3) is 4.02. The number of likely N-dealkylation sites (N-methyl/N-ethyl adjacent to an activating group) is 1. The predicted octanol–water partition coefficient (Wildman–Crippen LogP) is 4.75. The van der Waals surface area contributed by atoms with Gasteiger partial charge in [-0.25, -0.2) is 0 Å². The molecule has 0 bridgehead atoms. The highest BCUT2D eigenvalue weighted by molar-refractivity contribution is 7.10. The molecule has 112 valence electrons. The van der Waals surface area contributed by atoms with Gasteiger partial charge < -0.3 is 0 Å². The van der Waals surface area contributed by atoms with Crippen molar-refractivity contribution in [1.82, 2.24) is 4.90 Å². The first-order chi connectivity index (χ1) is 9.99. The van der Waals surface area contributed by atoms with E-state index in [2.05, 4.69) is 55.3 Å². The lowest BCUT2D eigenvalue weighted by molar-refractivity contribution is 0.0926. The molecule has 0 aliphatic heterocycles. The number of carbonyl (C=O) groups is 1. The standard InChI is InChI=1S/C18H23NOS/c1-13(2)15-7-9-16(10-8-15)17(20)12-19(4)14(3)18-6-5-11-21-18/h5-11,13-14H,12H2,1-4H3. The normalized spacial score (nSPS) is 12.9. The third-order valence-corrected chi connectivity index (χ3v) is 4.95. The minimum atomic E-state index is 0.177. The summed E-state index contributed by atoms with van der Waals surface area (Å²) in [6, 6.07) is 12.4. The Morgan fingerprint density at radius 2 is 1.81 bits per heavy atom. The number of benzene rings is 1. The van der Waals surface area contributed by atoms with Gasteiger partial charge in [-0.2, -0.15) is 0 Å². The molecule has 1 heterocycles. The fourth-order valence-electron chi connectivity index (χ4n) is 2.25. The first kappa shape index (κ1) is 15.9. The molecule has 0 N–H and O–H groups in total. The molecule has 0 aliphatic carbocycles. The summed E-state index contributed by atoms with van der Waals surface area (Å²) >= 11 is 1.73. The molecule has 2 rings (SSSR count). The van der Waals surface area contributed by atoms with Crippen LogP contribution in [-0.2, 0) is 0 Å². The van der Waals surface area contributed by atoms with Crippen LogP contribution in [0.2, 0.25) is 0 Å². The zero-order valence-electron chi connectivity index (χ0n) is 13.2. The van der Waals surface area contributed by atoms with E-state index in [0.29, 0.717) is 12.5 Å². The van der Waals surface area contributed by atoms with Crippen LogP contribution in [0, 0.1) is 0 Å². The van der Waals surface area contributed by atoms with Gasteiger partial charge >= 0.3 is 0 Å². The monoisotopic (exact) mass is 301 g/mol. The minimum absolute atomic E-state index is 0.177. The topological polar surface area (TPSA) is 20.3 Å². The van der Waals surface area contributed by atoms with Crippen molar-refractivity contribution < 1.29 is 4.79 Å². The van der Waals surface area contributed by atoms with Gasteiger partial charge in [0.1, 0.15) is 0 Å². The zero-order chi connectivity index (χ0) is 15.4. The Kier molecular flexibility index (Phi) is 5.32. The van der Waals surface area contributed by atoms with Crippen LogP contribution < -0.4 is 0 Å². The summed E-state index contributed by atoms with van der Waals surface area (Å²) in [5.74, 6) is 0.673. The molecule has 0 saturated heterocycles. The summed E-state index contributed by atoms with van der Waals surface area (Å²) in [4.78, 5) is 15.8. The van der Waals surface area contributed by atoms with E-state index >= 15 is 0 Å². The Balaban J connectivity index is 2.00. The van der Waals surface area contributed by atoms with Gasteiger partial charge in [0, 0.05) is 16.5 Å². The number of hydrogen-bond acceptors (Lipinski definition) is 3. The van der Waals surface area contributed by atoms with Gasteiger partial charge in [0.05, 0.1) is 6.54 Å². The lowest BCUT2D eigenvalue weighted by Crippen LogP contribution is -2.28. The van der Waals surface area contributed by atoms with E-state index in [1.54, 1.807) is 11.3 Å². The molecule has 1 aromatic heterocycles. The molecule has 1 atom stereocenters. The fourth-order valence-corrected chi connectivity index (χ4v) is 3.10. The summed E-state index contributed by atoms with van der Waals surface area (Å²) in [6.07, 6.45) is 0. The molecule has 2 aromatic rings. The van der Waals surface area contributed by atoms with E-state index < -0.39 is 0 Å². The number of Topliss-reactive ketones (excluding diaryl/α,β-unsaturated/α-hetero) is 1. The number of hydrogen-bond donors (Lipinski definition) is 0.